The van der Waals surface area contributed by atoms with Crippen LogP contribution in [0.3, 0.4) is 0 Å². The van der Waals surface area contributed by atoms with Crippen molar-refractivity contribution in [1.29, 1.82) is 0 Å². The predicted octanol–water partition coefficient (Wildman–Crippen LogP) is 2.56. The Bertz CT molecular complexity index is 413. The molecule has 0 heterocycles. The molecule has 0 bridgehead atoms. The fourth-order valence-corrected chi connectivity index (χ4v) is 1.70. The standard InChI is InChI=1S/C12H16Cl2N2O2/c1-8(7-18-2)16-12(17)6-15-9-3-4-10(13)11(14)5-9/h3-5,8,15H,6-7H2,1-2H3,(H,16,17)/t8-/m1/s1. The molecule has 1 aromatic rings. The van der Waals surface area contributed by atoms with E-state index in [2.05, 4.69) is 10.6 Å². The molecule has 4 nitrogen and oxygen atoms in total. The zero-order valence-electron chi connectivity index (χ0n) is 10.3. The molecule has 1 aromatic carbocycles. The van der Waals surface area contributed by atoms with Gasteiger partial charge in [-0.25, -0.2) is 0 Å². The van der Waals surface area contributed by atoms with Gasteiger partial charge < -0.3 is 15.4 Å². The first kappa shape index (κ1) is 15.1. The average Bonchev–Trinajstić information content (AvgIpc) is 2.31. The molecular formula is C12H16Cl2N2O2. The van der Waals surface area contributed by atoms with Gasteiger partial charge in [0.25, 0.3) is 0 Å². The highest BCUT2D eigenvalue weighted by molar-refractivity contribution is 6.42. The number of carbonyl (C=O) groups excluding carboxylic acids is 1. The number of hydrogen-bond donors (Lipinski definition) is 2. The van der Waals surface area contributed by atoms with Gasteiger partial charge in [-0.2, -0.15) is 0 Å². The summed E-state index contributed by atoms with van der Waals surface area (Å²) in [5, 5.41) is 6.70. The van der Waals surface area contributed by atoms with Crippen molar-refractivity contribution in [2.75, 3.05) is 25.6 Å². The topological polar surface area (TPSA) is 50.4 Å². The van der Waals surface area contributed by atoms with Crippen molar-refractivity contribution in [3.05, 3.63) is 28.2 Å². The van der Waals surface area contributed by atoms with Crippen LogP contribution < -0.4 is 10.6 Å². The maximum absolute atomic E-state index is 11.6. The summed E-state index contributed by atoms with van der Waals surface area (Å²) in [6, 6.07) is 5.10. The molecular weight excluding hydrogens is 275 g/mol. The maximum atomic E-state index is 11.6. The summed E-state index contributed by atoms with van der Waals surface area (Å²) in [5.74, 6) is -0.106. The van der Waals surface area contributed by atoms with Gasteiger partial charge in [0.1, 0.15) is 0 Å². The van der Waals surface area contributed by atoms with Crippen molar-refractivity contribution in [2.45, 2.75) is 13.0 Å². The predicted molar refractivity (Wildman–Crippen MR) is 74.4 cm³/mol. The second-order valence-corrected chi connectivity index (χ2v) is 4.72. The van der Waals surface area contributed by atoms with Gasteiger partial charge in [0.05, 0.1) is 23.2 Å². The fourth-order valence-electron chi connectivity index (χ4n) is 1.41. The van der Waals surface area contributed by atoms with E-state index in [0.29, 0.717) is 16.7 Å². The summed E-state index contributed by atoms with van der Waals surface area (Å²) in [6.45, 7) is 2.53. The van der Waals surface area contributed by atoms with Gasteiger partial charge in [-0.1, -0.05) is 23.2 Å². The molecule has 100 valence electrons. The molecule has 0 aliphatic carbocycles. The molecule has 1 amide bonds. The lowest BCUT2D eigenvalue weighted by Crippen LogP contribution is -2.39. The zero-order valence-corrected chi connectivity index (χ0v) is 11.8. The van der Waals surface area contributed by atoms with Gasteiger partial charge in [0.15, 0.2) is 0 Å². The number of rotatable bonds is 6. The highest BCUT2D eigenvalue weighted by Crippen LogP contribution is 2.24. The van der Waals surface area contributed by atoms with Crippen LogP contribution in [0.1, 0.15) is 6.92 Å². The highest BCUT2D eigenvalue weighted by Gasteiger charge is 2.07. The number of amides is 1. The van der Waals surface area contributed by atoms with E-state index in [1.165, 1.54) is 0 Å². The van der Waals surface area contributed by atoms with E-state index in [1.54, 1.807) is 25.3 Å². The van der Waals surface area contributed by atoms with Gasteiger partial charge in [0.2, 0.25) is 5.91 Å². The lowest BCUT2D eigenvalue weighted by molar-refractivity contribution is -0.120. The third-order valence-electron chi connectivity index (χ3n) is 2.20. The molecule has 0 saturated carbocycles. The molecule has 0 fully saturated rings. The smallest absolute Gasteiger partial charge is 0.239 e. The lowest BCUT2D eigenvalue weighted by Gasteiger charge is -2.13. The van der Waals surface area contributed by atoms with Gasteiger partial charge in [-0.3, -0.25) is 4.79 Å². The quantitative estimate of drug-likeness (QED) is 0.847. The minimum absolute atomic E-state index is 0.0156. The second-order valence-electron chi connectivity index (χ2n) is 3.91. The van der Waals surface area contributed by atoms with Crippen molar-refractivity contribution in [1.82, 2.24) is 5.32 Å². The Kier molecular flexibility index (Phi) is 6.25. The summed E-state index contributed by atoms with van der Waals surface area (Å²) < 4.78 is 4.93. The molecule has 0 aromatic heterocycles. The Morgan fingerprint density at radius 1 is 1.39 bits per heavy atom. The Labute approximate surface area is 117 Å². The van der Waals surface area contributed by atoms with Crippen LogP contribution in [0, 0.1) is 0 Å². The van der Waals surface area contributed by atoms with E-state index < -0.39 is 0 Å². The minimum Gasteiger partial charge on any atom is -0.383 e. The van der Waals surface area contributed by atoms with Crippen molar-refractivity contribution >= 4 is 34.8 Å². The Hall–Kier alpha value is -0.970. The second kappa shape index (κ2) is 7.46. The summed E-state index contributed by atoms with van der Waals surface area (Å²) >= 11 is 11.7. The number of halogens is 2. The zero-order chi connectivity index (χ0) is 13.5. The summed E-state index contributed by atoms with van der Waals surface area (Å²) in [6.07, 6.45) is 0. The fraction of sp³-hybridized carbons (Fsp3) is 0.417. The van der Waals surface area contributed by atoms with Crippen LogP contribution in [0.5, 0.6) is 0 Å². The number of ether oxygens (including phenoxy) is 1. The van der Waals surface area contributed by atoms with Crippen LogP contribution in [-0.2, 0) is 9.53 Å². The molecule has 0 radical (unpaired) electrons. The van der Waals surface area contributed by atoms with Gasteiger partial charge >= 0.3 is 0 Å². The van der Waals surface area contributed by atoms with Crippen LogP contribution in [0.15, 0.2) is 18.2 Å². The number of carbonyl (C=O) groups is 1. The van der Waals surface area contributed by atoms with Gasteiger partial charge in [-0.15, -0.1) is 0 Å². The average molecular weight is 291 g/mol. The molecule has 0 unspecified atom stereocenters. The molecule has 0 aliphatic rings. The van der Waals surface area contributed by atoms with E-state index in [-0.39, 0.29) is 18.5 Å². The molecule has 6 heteroatoms. The van der Waals surface area contributed by atoms with Crippen molar-refractivity contribution in [2.24, 2.45) is 0 Å². The minimum atomic E-state index is -0.106. The van der Waals surface area contributed by atoms with Crippen LogP contribution in [0.2, 0.25) is 10.0 Å². The van der Waals surface area contributed by atoms with Crippen LogP contribution in [0.25, 0.3) is 0 Å². The van der Waals surface area contributed by atoms with Crippen molar-refractivity contribution in [3.8, 4) is 0 Å². The first-order valence-corrected chi connectivity index (χ1v) is 6.25. The number of benzene rings is 1. The molecule has 1 atom stereocenters. The van der Waals surface area contributed by atoms with Gasteiger partial charge in [-0.05, 0) is 25.1 Å². The highest BCUT2D eigenvalue weighted by atomic mass is 35.5. The molecule has 0 saturated heterocycles. The Morgan fingerprint density at radius 2 is 2.11 bits per heavy atom. The van der Waals surface area contributed by atoms with E-state index in [0.717, 1.165) is 5.69 Å². The van der Waals surface area contributed by atoms with Crippen molar-refractivity contribution in [3.63, 3.8) is 0 Å². The van der Waals surface area contributed by atoms with E-state index in [1.807, 2.05) is 6.92 Å². The molecule has 1 rings (SSSR count). The third-order valence-corrected chi connectivity index (χ3v) is 2.94. The summed E-state index contributed by atoms with van der Waals surface area (Å²) in [4.78, 5) is 11.6. The summed E-state index contributed by atoms with van der Waals surface area (Å²) in [5.41, 5.74) is 0.749. The number of anilines is 1. The van der Waals surface area contributed by atoms with Gasteiger partial charge in [0, 0.05) is 18.8 Å². The number of hydrogen-bond acceptors (Lipinski definition) is 3. The Balaban J connectivity index is 2.40. The van der Waals surface area contributed by atoms with E-state index in [9.17, 15) is 4.79 Å². The number of nitrogens with one attached hydrogen (secondary N) is 2. The molecule has 0 aliphatic heterocycles. The van der Waals surface area contributed by atoms with Crippen LogP contribution >= 0.6 is 23.2 Å². The lowest BCUT2D eigenvalue weighted by atomic mass is 10.3. The third kappa shape index (κ3) is 5.12. The van der Waals surface area contributed by atoms with E-state index >= 15 is 0 Å². The first-order chi connectivity index (χ1) is 8.52. The SMILES string of the molecule is COC[C@@H](C)NC(=O)CNc1ccc(Cl)c(Cl)c1. The normalized spacial score (nSPS) is 12.0. The molecule has 0 spiro atoms. The molecule has 2 N–H and O–H groups in total. The van der Waals surface area contributed by atoms with Crippen LogP contribution in [-0.4, -0.2) is 32.2 Å². The van der Waals surface area contributed by atoms with Crippen molar-refractivity contribution < 1.29 is 9.53 Å². The van der Waals surface area contributed by atoms with E-state index in [4.69, 9.17) is 27.9 Å². The molecule has 18 heavy (non-hydrogen) atoms. The monoisotopic (exact) mass is 290 g/mol. The Morgan fingerprint density at radius 3 is 2.72 bits per heavy atom. The first-order valence-electron chi connectivity index (χ1n) is 5.50. The summed E-state index contributed by atoms with van der Waals surface area (Å²) in [7, 11) is 1.59. The largest absolute Gasteiger partial charge is 0.383 e. The number of methoxy groups -OCH3 is 1. The maximum Gasteiger partial charge on any atom is 0.239 e. The van der Waals surface area contributed by atoms with Crippen LogP contribution in [0.4, 0.5) is 5.69 Å².